The first kappa shape index (κ1) is 28.8. The molecule has 1 aliphatic carbocycles. The predicted octanol–water partition coefficient (Wildman–Crippen LogP) is 6.49. The SMILES string of the molecule is CC(C)(C)OC(=O)[C@@H]1CCCN1C(=O)c1cc(C2CC2)c(O[C@H]2CCCN(Cc3ccc(F)cc3Cl)C2)cc1F. The molecule has 2 aliphatic heterocycles. The first-order valence-electron chi connectivity index (χ1n) is 14.2. The van der Waals surface area contributed by atoms with Crippen LogP contribution >= 0.6 is 11.6 Å². The van der Waals surface area contributed by atoms with E-state index in [0.717, 1.165) is 43.4 Å². The van der Waals surface area contributed by atoms with Gasteiger partial charge in [0.1, 0.15) is 35.1 Å². The van der Waals surface area contributed by atoms with E-state index in [1.165, 1.54) is 23.1 Å². The molecule has 1 amide bonds. The minimum atomic E-state index is -0.714. The van der Waals surface area contributed by atoms with Gasteiger partial charge in [-0.25, -0.2) is 13.6 Å². The average Bonchev–Trinajstić information content (AvgIpc) is 3.59. The number of hydrogen-bond acceptors (Lipinski definition) is 5. The van der Waals surface area contributed by atoms with E-state index in [9.17, 15) is 14.0 Å². The van der Waals surface area contributed by atoms with Crippen LogP contribution in [0.25, 0.3) is 0 Å². The molecule has 0 aromatic heterocycles. The summed E-state index contributed by atoms with van der Waals surface area (Å²) in [5.74, 6) is -1.25. The monoisotopic (exact) mass is 574 g/mol. The first-order chi connectivity index (χ1) is 19.0. The van der Waals surface area contributed by atoms with E-state index in [1.807, 2.05) is 0 Å². The Morgan fingerprint density at radius 2 is 1.77 bits per heavy atom. The normalized spacial score (nSPS) is 21.9. The Hall–Kier alpha value is -2.71. The predicted molar refractivity (Wildman–Crippen MR) is 149 cm³/mol. The van der Waals surface area contributed by atoms with Gasteiger partial charge in [-0.2, -0.15) is 0 Å². The number of piperidine rings is 1. The third-order valence-electron chi connectivity index (χ3n) is 7.70. The number of benzene rings is 2. The highest BCUT2D eigenvalue weighted by Crippen LogP contribution is 2.46. The molecule has 40 heavy (non-hydrogen) atoms. The van der Waals surface area contributed by atoms with E-state index in [4.69, 9.17) is 21.1 Å². The quantitative estimate of drug-likeness (QED) is 0.354. The van der Waals surface area contributed by atoms with Gasteiger partial charge in [0, 0.05) is 30.7 Å². The molecule has 0 spiro atoms. The third-order valence-corrected chi connectivity index (χ3v) is 8.06. The molecule has 5 rings (SSSR count). The molecule has 0 N–H and O–H groups in total. The van der Waals surface area contributed by atoms with Crippen LogP contribution in [0.5, 0.6) is 5.75 Å². The van der Waals surface area contributed by atoms with Gasteiger partial charge in [0.25, 0.3) is 5.91 Å². The van der Waals surface area contributed by atoms with Crippen LogP contribution in [-0.2, 0) is 16.1 Å². The second-order valence-electron chi connectivity index (χ2n) is 12.2. The molecule has 0 unspecified atom stereocenters. The van der Waals surface area contributed by atoms with E-state index in [-0.39, 0.29) is 23.4 Å². The number of nitrogens with zero attached hydrogens (tertiary/aromatic N) is 2. The van der Waals surface area contributed by atoms with E-state index >= 15 is 4.39 Å². The molecule has 3 fully saturated rings. The summed E-state index contributed by atoms with van der Waals surface area (Å²) in [5, 5.41) is 0.397. The van der Waals surface area contributed by atoms with Crippen molar-refractivity contribution in [2.75, 3.05) is 19.6 Å². The summed E-state index contributed by atoms with van der Waals surface area (Å²) < 4.78 is 40.9. The van der Waals surface area contributed by atoms with E-state index in [0.29, 0.717) is 43.2 Å². The van der Waals surface area contributed by atoms with Crippen LogP contribution in [0.4, 0.5) is 8.78 Å². The maximum atomic E-state index is 15.5. The molecular formula is C31H37ClF2N2O4. The number of esters is 1. The number of rotatable bonds is 7. The van der Waals surface area contributed by atoms with Crippen LogP contribution < -0.4 is 4.74 Å². The Labute approximate surface area is 239 Å². The Kier molecular flexibility index (Phi) is 8.39. The molecule has 0 bridgehead atoms. The van der Waals surface area contributed by atoms with Crippen LogP contribution in [-0.4, -0.2) is 59.1 Å². The Bertz CT molecular complexity index is 1280. The third kappa shape index (κ3) is 6.77. The minimum absolute atomic E-state index is 0.0269. The van der Waals surface area contributed by atoms with Crippen molar-refractivity contribution in [2.45, 2.75) is 89.5 Å². The Balaban J connectivity index is 1.31. The topological polar surface area (TPSA) is 59.1 Å². The van der Waals surface area contributed by atoms with Gasteiger partial charge in [-0.15, -0.1) is 0 Å². The maximum Gasteiger partial charge on any atom is 0.329 e. The van der Waals surface area contributed by atoms with Crippen molar-refractivity contribution in [1.82, 2.24) is 9.80 Å². The number of hydrogen-bond donors (Lipinski definition) is 0. The summed E-state index contributed by atoms with van der Waals surface area (Å²) in [6.07, 6.45) is 4.66. The summed E-state index contributed by atoms with van der Waals surface area (Å²) in [4.78, 5) is 29.9. The fraction of sp³-hybridized carbons (Fsp3) is 0.548. The standard InChI is InChI=1S/C31H37ClF2N2O4/c1-31(2,3)40-30(38)27-7-5-13-36(27)29(37)24-15-23(19-8-9-19)28(16-26(24)34)39-22-6-4-12-35(18-22)17-20-10-11-21(33)14-25(20)32/h10-11,14-16,19,22,27H,4-9,12-13,17-18H2,1-3H3/t22-,27-/m0/s1. The highest BCUT2D eigenvalue weighted by molar-refractivity contribution is 6.31. The van der Waals surface area contributed by atoms with Gasteiger partial charge in [0.05, 0.1) is 5.56 Å². The van der Waals surface area contributed by atoms with E-state index in [2.05, 4.69) is 4.90 Å². The number of carbonyl (C=O) groups is 2. The Morgan fingerprint density at radius 1 is 1.02 bits per heavy atom. The van der Waals surface area contributed by atoms with Gasteiger partial charge in [0.2, 0.25) is 0 Å². The highest BCUT2D eigenvalue weighted by Gasteiger charge is 2.39. The molecular weight excluding hydrogens is 538 g/mol. The van der Waals surface area contributed by atoms with Gasteiger partial charge >= 0.3 is 5.97 Å². The molecule has 0 radical (unpaired) electrons. The van der Waals surface area contributed by atoms with Crippen molar-refractivity contribution in [3.05, 3.63) is 63.7 Å². The summed E-state index contributed by atoms with van der Waals surface area (Å²) in [6, 6.07) is 6.69. The van der Waals surface area contributed by atoms with Crippen LogP contribution in [0.15, 0.2) is 30.3 Å². The zero-order valence-electron chi connectivity index (χ0n) is 23.4. The Morgan fingerprint density at radius 3 is 2.48 bits per heavy atom. The lowest BCUT2D eigenvalue weighted by molar-refractivity contribution is -0.159. The number of amides is 1. The van der Waals surface area contributed by atoms with Crippen LogP contribution in [0, 0.1) is 11.6 Å². The largest absolute Gasteiger partial charge is 0.489 e. The van der Waals surface area contributed by atoms with Crippen molar-refractivity contribution in [1.29, 1.82) is 0 Å². The minimum Gasteiger partial charge on any atom is -0.489 e. The first-order valence-corrected chi connectivity index (χ1v) is 14.6. The van der Waals surface area contributed by atoms with Gasteiger partial charge in [-0.3, -0.25) is 9.69 Å². The molecule has 216 valence electrons. The van der Waals surface area contributed by atoms with Crippen molar-refractivity contribution in [3.8, 4) is 5.75 Å². The molecule has 3 aliphatic rings. The number of carbonyl (C=O) groups excluding carboxylic acids is 2. The lowest BCUT2D eigenvalue weighted by atomic mass is 10.0. The highest BCUT2D eigenvalue weighted by atomic mass is 35.5. The van der Waals surface area contributed by atoms with Crippen LogP contribution in [0.3, 0.4) is 0 Å². The lowest BCUT2D eigenvalue weighted by Gasteiger charge is -2.33. The second kappa shape index (κ2) is 11.6. The van der Waals surface area contributed by atoms with Crippen molar-refractivity contribution in [3.63, 3.8) is 0 Å². The van der Waals surface area contributed by atoms with Crippen LogP contribution in [0.2, 0.25) is 5.02 Å². The molecule has 2 aromatic carbocycles. The zero-order chi connectivity index (χ0) is 28.6. The van der Waals surface area contributed by atoms with E-state index in [1.54, 1.807) is 32.9 Å². The van der Waals surface area contributed by atoms with E-state index < -0.39 is 29.3 Å². The lowest BCUT2D eigenvalue weighted by Crippen LogP contribution is -2.43. The molecule has 2 aromatic rings. The molecule has 2 saturated heterocycles. The van der Waals surface area contributed by atoms with Gasteiger partial charge in [-0.05, 0) is 101 Å². The van der Waals surface area contributed by atoms with Crippen LogP contribution in [0.1, 0.15) is 86.7 Å². The number of ether oxygens (including phenoxy) is 2. The average molecular weight is 575 g/mol. The summed E-state index contributed by atoms with van der Waals surface area (Å²) in [7, 11) is 0. The summed E-state index contributed by atoms with van der Waals surface area (Å²) in [6.45, 7) is 7.81. The van der Waals surface area contributed by atoms with Gasteiger partial charge in [0.15, 0.2) is 0 Å². The summed E-state index contributed by atoms with van der Waals surface area (Å²) in [5.41, 5.74) is 0.998. The van der Waals surface area contributed by atoms with Gasteiger partial charge < -0.3 is 14.4 Å². The summed E-state index contributed by atoms with van der Waals surface area (Å²) >= 11 is 6.24. The van der Waals surface area contributed by atoms with Crippen molar-refractivity contribution >= 4 is 23.5 Å². The fourth-order valence-electron chi connectivity index (χ4n) is 5.65. The molecule has 2 heterocycles. The smallest absolute Gasteiger partial charge is 0.329 e. The molecule has 9 heteroatoms. The second-order valence-corrected chi connectivity index (χ2v) is 12.6. The maximum absolute atomic E-state index is 15.5. The molecule has 1 saturated carbocycles. The molecule has 2 atom stereocenters. The molecule has 6 nitrogen and oxygen atoms in total. The van der Waals surface area contributed by atoms with Gasteiger partial charge in [-0.1, -0.05) is 17.7 Å². The zero-order valence-corrected chi connectivity index (χ0v) is 24.1. The van der Waals surface area contributed by atoms with Crippen molar-refractivity contribution in [2.24, 2.45) is 0 Å². The fourth-order valence-corrected chi connectivity index (χ4v) is 5.88. The number of likely N-dealkylation sites (tertiary alicyclic amines) is 2. The number of halogens is 3. The van der Waals surface area contributed by atoms with Crippen molar-refractivity contribution < 1.29 is 27.8 Å².